The van der Waals surface area contributed by atoms with E-state index in [4.69, 9.17) is 18.9 Å². The van der Waals surface area contributed by atoms with Crippen LogP contribution in [0.5, 0.6) is 23.0 Å². The van der Waals surface area contributed by atoms with Crippen molar-refractivity contribution < 1.29 is 18.9 Å². The lowest BCUT2D eigenvalue weighted by atomic mass is 10.1. The van der Waals surface area contributed by atoms with Gasteiger partial charge in [0.2, 0.25) is 0 Å². The van der Waals surface area contributed by atoms with Crippen LogP contribution < -0.4 is 24.3 Å². The number of nitrogens with one attached hydrogen (secondary N) is 3. The Bertz CT molecular complexity index is 1110. The molecular weight excluding hydrogens is 358 g/mol. The van der Waals surface area contributed by atoms with E-state index in [1.165, 1.54) is 0 Å². The van der Waals surface area contributed by atoms with Gasteiger partial charge < -0.3 is 24.3 Å². The topological polar surface area (TPSA) is 80.5 Å². The van der Waals surface area contributed by atoms with Crippen molar-refractivity contribution in [1.29, 1.82) is 0 Å². The van der Waals surface area contributed by atoms with Crippen LogP contribution in [-0.4, -0.2) is 38.6 Å². The maximum absolute atomic E-state index is 5.48. The van der Waals surface area contributed by atoms with Crippen LogP contribution in [0.3, 0.4) is 0 Å². The van der Waals surface area contributed by atoms with E-state index in [0.717, 1.165) is 50.6 Å². The van der Waals surface area contributed by atoms with Crippen LogP contribution in [-0.2, 0) is 0 Å². The number of rotatable bonds is 6. The maximum Gasteiger partial charge on any atom is 0.161 e. The van der Waals surface area contributed by atoms with Crippen LogP contribution in [0.1, 0.15) is 5.56 Å². The highest BCUT2D eigenvalue weighted by molar-refractivity contribution is 6.08. The number of fused-ring (bicyclic) bond motifs is 3. The lowest BCUT2D eigenvalue weighted by Gasteiger charge is -2.12. The molecule has 0 fully saturated rings. The highest BCUT2D eigenvalue weighted by Crippen LogP contribution is 2.46. The molecule has 0 radical (unpaired) electrons. The van der Waals surface area contributed by atoms with Gasteiger partial charge in [0.05, 0.1) is 39.8 Å². The molecule has 0 atom stereocenters. The average Bonchev–Trinajstić information content (AvgIpc) is 3.26. The van der Waals surface area contributed by atoms with E-state index in [9.17, 15) is 0 Å². The van der Waals surface area contributed by atoms with Crippen molar-refractivity contribution in [1.82, 2.24) is 10.2 Å². The van der Waals surface area contributed by atoms with Crippen molar-refractivity contribution in [2.75, 3.05) is 33.8 Å². The molecule has 0 unspecified atom stereocenters. The number of ether oxygens (including phenoxy) is 4. The molecule has 0 bridgehead atoms. The van der Waals surface area contributed by atoms with Crippen LogP contribution in [0.4, 0.5) is 11.5 Å². The van der Waals surface area contributed by atoms with Crippen LogP contribution >= 0.6 is 0 Å². The number of benzene rings is 2. The van der Waals surface area contributed by atoms with Crippen molar-refractivity contribution >= 4 is 22.3 Å². The lowest BCUT2D eigenvalue weighted by Crippen LogP contribution is -1.97. The fourth-order valence-corrected chi connectivity index (χ4v) is 3.62. The molecule has 4 rings (SSSR count). The first kappa shape index (κ1) is 17.9. The summed E-state index contributed by atoms with van der Waals surface area (Å²) >= 11 is 0. The highest BCUT2D eigenvalue weighted by atomic mass is 16.5. The third-order valence-corrected chi connectivity index (χ3v) is 5.05. The van der Waals surface area contributed by atoms with Crippen molar-refractivity contribution in [2.24, 2.45) is 0 Å². The molecule has 7 nitrogen and oxygen atoms in total. The molecule has 0 saturated carbocycles. The van der Waals surface area contributed by atoms with E-state index in [2.05, 4.69) is 22.4 Å². The summed E-state index contributed by atoms with van der Waals surface area (Å²) in [5, 5.41) is 12.1. The molecule has 1 aliphatic heterocycles. The monoisotopic (exact) mass is 381 g/mol. The van der Waals surface area contributed by atoms with Gasteiger partial charge in [-0.15, -0.1) is 0 Å². The molecule has 2 aliphatic rings. The van der Waals surface area contributed by atoms with Gasteiger partial charge in [-0.2, -0.15) is 0 Å². The van der Waals surface area contributed by atoms with Gasteiger partial charge in [-0.1, -0.05) is 0 Å². The Morgan fingerprint density at radius 2 is 1.43 bits per heavy atom. The molecule has 1 aliphatic carbocycles. The number of aromatic amines is 2. The van der Waals surface area contributed by atoms with Crippen LogP contribution in [0, 0.1) is 6.92 Å². The van der Waals surface area contributed by atoms with E-state index < -0.39 is 0 Å². The minimum atomic E-state index is 0.695. The first-order valence-electron chi connectivity index (χ1n) is 8.84. The quantitative estimate of drug-likeness (QED) is 0.452. The van der Waals surface area contributed by atoms with Crippen molar-refractivity contribution in [2.45, 2.75) is 6.92 Å². The molecule has 1 heterocycles. The molecule has 2 aromatic carbocycles. The summed E-state index contributed by atoms with van der Waals surface area (Å²) in [7, 11) is 6.56. The molecule has 0 spiro atoms. The Balaban J connectivity index is 1.84. The Hall–Kier alpha value is -3.48. The molecule has 0 aromatic heterocycles. The van der Waals surface area contributed by atoms with Crippen LogP contribution in [0.15, 0.2) is 30.3 Å². The summed E-state index contributed by atoms with van der Waals surface area (Å²) in [4.78, 5) is 0. The second-order valence-corrected chi connectivity index (χ2v) is 6.44. The summed E-state index contributed by atoms with van der Waals surface area (Å²) in [5.41, 5.74) is 4.00. The Morgan fingerprint density at radius 3 is 2.07 bits per heavy atom. The summed E-state index contributed by atoms with van der Waals surface area (Å²) in [6, 6.07) is 9.63. The van der Waals surface area contributed by atoms with Crippen molar-refractivity contribution in [3.05, 3.63) is 35.9 Å². The van der Waals surface area contributed by atoms with Crippen molar-refractivity contribution in [3.8, 4) is 34.3 Å². The summed E-state index contributed by atoms with van der Waals surface area (Å²) in [5.74, 6) is 3.71. The number of H-pyrrole nitrogens is 2. The van der Waals surface area contributed by atoms with Gasteiger partial charge in [0.15, 0.2) is 11.5 Å². The lowest BCUT2D eigenvalue weighted by molar-refractivity contribution is 0.356. The zero-order valence-corrected chi connectivity index (χ0v) is 16.5. The number of anilines is 2. The zero-order chi connectivity index (χ0) is 19.8. The highest BCUT2D eigenvalue weighted by Gasteiger charge is 2.24. The summed E-state index contributed by atoms with van der Waals surface area (Å²) in [6.07, 6.45) is 0. The second kappa shape index (κ2) is 6.92. The maximum atomic E-state index is 5.48. The Labute approximate surface area is 162 Å². The predicted octanol–water partition coefficient (Wildman–Crippen LogP) is 4.69. The number of hydrogen-bond acceptors (Lipinski definition) is 5. The van der Waals surface area contributed by atoms with Gasteiger partial charge in [0.1, 0.15) is 17.3 Å². The Kier molecular flexibility index (Phi) is 4.43. The minimum Gasteiger partial charge on any atom is -0.497 e. The van der Waals surface area contributed by atoms with Crippen LogP contribution in [0.25, 0.3) is 22.0 Å². The van der Waals surface area contributed by atoms with Gasteiger partial charge in [0, 0.05) is 17.0 Å². The van der Waals surface area contributed by atoms with Gasteiger partial charge in [0.25, 0.3) is 0 Å². The smallest absolute Gasteiger partial charge is 0.161 e. The number of aromatic nitrogens is 2. The molecule has 28 heavy (non-hydrogen) atoms. The van der Waals surface area contributed by atoms with E-state index >= 15 is 0 Å². The average molecular weight is 381 g/mol. The second-order valence-electron chi connectivity index (χ2n) is 6.44. The van der Waals surface area contributed by atoms with E-state index in [1.807, 2.05) is 30.3 Å². The molecule has 2 aromatic rings. The van der Waals surface area contributed by atoms with Gasteiger partial charge in [-0.25, -0.2) is 0 Å². The number of aryl methyl sites for hydroxylation is 1. The fourth-order valence-electron chi connectivity index (χ4n) is 3.62. The van der Waals surface area contributed by atoms with Crippen LogP contribution in [0.2, 0.25) is 0 Å². The minimum absolute atomic E-state index is 0.695. The fraction of sp³-hybridized carbons (Fsp3) is 0.238. The van der Waals surface area contributed by atoms with E-state index in [-0.39, 0.29) is 0 Å². The molecule has 146 valence electrons. The number of methoxy groups -OCH3 is 4. The first-order chi connectivity index (χ1) is 13.6. The zero-order valence-electron chi connectivity index (χ0n) is 16.5. The normalized spacial score (nSPS) is 11.0. The largest absolute Gasteiger partial charge is 0.497 e. The summed E-state index contributed by atoms with van der Waals surface area (Å²) < 4.78 is 21.8. The van der Waals surface area contributed by atoms with E-state index in [1.54, 1.807) is 28.4 Å². The molecule has 0 amide bonds. The molecular formula is C21H23N3O4. The standard InChI is InChI=1S/C21H23N3O4/c1-11-13-9-17(27-4)18(28-5)10-14(13)20-19(11)21(24-23-20)22-15-8-12(25-2)6-7-16(15)26-3/h6-10,22-24H,1-5H3. The molecule has 0 saturated heterocycles. The first-order valence-corrected chi connectivity index (χ1v) is 8.84. The van der Waals surface area contributed by atoms with Gasteiger partial charge >= 0.3 is 0 Å². The third-order valence-electron chi connectivity index (χ3n) is 5.05. The van der Waals surface area contributed by atoms with Gasteiger partial charge in [-0.05, 0) is 42.1 Å². The molecule has 3 N–H and O–H groups in total. The third kappa shape index (κ3) is 2.67. The number of hydrogen-bond donors (Lipinski definition) is 3. The van der Waals surface area contributed by atoms with E-state index in [0.29, 0.717) is 11.5 Å². The van der Waals surface area contributed by atoms with Gasteiger partial charge in [-0.3, -0.25) is 10.2 Å². The predicted molar refractivity (Wildman–Crippen MR) is 110 cm³/mol. The Morgan fingerprint density at radius 1 is 0.750 bits per heavy atom. The SMILES string of the molecule is COc1ccc(OC)c(Nc2[nH][nH]c3c4cc(OC)c(OC)cc4c(C)c2-3)c1. The summed E-state index contributed by atoms with van der Waals surface area (Å²) in [6.45, 7) is 2.09. The molecule has 7 heteroatoms. The van der Waals surface area contributed by atoms with Crippen molar-refractivity contribution in [3.63, 3.8) is 0 Å².